The van der Waals surface area contributed by atoms with Gasteiger partial charge in [-0.05, 0) is 30.5 Å². The minimum absolute atomic E-state index is 0.171. The summed E-state index contributed by atoms with van der Waals surface area (Å²) in [6.45, 7) is 2.62. The fraction of sp³-hybridized carbons (Fsp3) is 0.538. The molecule has 2 N–H and O–H groups in total. The molecule has 1 aliphatic heterocycles. The first-order valence-corrected chi connectivity index (χ1v) is 7.88. The number of hydrogen-bond acceptors (Lipinski definition) is 4. The van der Waals surface area contributed by atoms with Crippen LogP contribution < -0.4 is 5.73 Å². The van der Waals surface area contributed by atoms with E-state index < -0.39 is 15.8 Å². The third-order valence-corrected chi connectivity index (χ3v) is 5.63. The molecule has 5 nitrogen and oxygen atoms in total. The zero-order chi connectivity index (χ0) is 14.9. The van der Waals surface area contributed by atoms with E-state index in [2.05, 4.69) is 0 Å². The lowest BCUT2D eigenvalue weighted by atomic mass is 9.97. The van der Waals surface area contributed by atoms with Gasteiger partial charge in [-0.2, -0.15) is 4.31 Å². The molecule has 0 saturated carbocycles. The topological polar surface area (TPSA) is 72.6 Å². The van der Waals surface area contributed by atoms with Gasteiger partial charge in [-0.25, -0.2) is 12.8 Å². The molecule has 0 radical (unpaired) electrons. The van der Waals surface area contributed by atoms with Crippen molar-refractivity contribution < 1.29 is 17.5 Å². The van der Waals surface area contributed by atoms with Gasteiger partial charge in [0.25, 0.3) is 0 Å². The van der Waals surface area contributed by atoms with Crippen molar-refractivity contribution in [3.8, 4) is 0 Å². The maximum Gasteiger partial charge on any atom is 0.246 e. The van der Waals surface area contributed by atoms with Gasteiger partial charge in [-0.3, -0.25) is 0 Å². The molecule has 112 valence electrons. The van der Waals surface area contributed by atoms with Crippen molar-refractivity contribution in [2.24, 2.45) is 5.92 Å². The summed E-state index contributed by atoms with van der Waals surface area (Å²) >= 11 is 0. The number of rotatable bonds is 3. The van der Waals surface area contributed by atoms with Crippen molar-refractivity contribution in [2.75, 3.05) is 25.9 Å². The molecule has 0 amide bonds. The standard InChI is InChI=1S/C13H19FN2O3S/c1-9-5-6-16(8-12(9)19-2)20(17,18)13-4-3-10(15)7-11(13)14/h3-4,7,9,12H,5-6,8,15H2,1-2H3. The Balaban J connectivity index is 2.31. The van der Waals surface area contributed by atoms with Crippen LogP contribution in [0.3, 0.4) is 0 Å². The maximum atomic E-state index is 13.8. The van der Waals surface area contributed by atoms with E-state index in [-0.39, 0.29) is 29.1 Å². The molecular formula is C13H19FN2O3S. The summed E-state index contributed by atoms with van der Waals surface area (Å²) in [5.74, 6) is -0.541. The Morgan fingerprint density at radius 2 is 2.15 bits per heavy atom. The van der Waals surface area contributed by atoms with Crippen LogP contribution in [0.15, 0.2) is 23.1 Å². The minimum Gasteiger partial charge on any atom is -0.399 e. The third kappa shape index (κ3) is 2.79. The third-order valence-electron chi connectivity index (χ3n) is 3.73. The highest BCUT2D eigenvalue weighted by Crippen LogP contribution is 2.27. The SMILES string of the molecule is COC1CN(S(=O)(=O)c2ccc(N)cc2F)CCC1C. The number of sulfonamides is 1. The zero-order valence-corrected chi connectivity index (χ0v) is 12.4. The second-order valence-electron chi connectivity index (χ2n) is 5.09. The Morgan fingerprint density at radius 3 is 2.75 bits per heavy atom. The number of nitrogens with two attached hydrogens (primary N) is 1. The molecule has 1 aromatic rings. The molecule has 0 aromatic heterocycles. The fourth-order valence-electron chi connectivity index (χ4n) is 2.40. The van der Waals surface area contributed by atoms with E-state index in [9.17, 15) is 12.8 Å². The summed E-state index contributed by atoms with van der Waals surface area (Å²) in [6, 6.07) is 3.61. The Morgan fingerprint density at radius 1 is 1.45 bits per heavy atom. The largest absolute Gasteiger partial charge is 0.399 e. The number of halogens is 1. The molecule has 20 heavy (non-hydrogen) atoms. The molecule has 1 saturated heterocycles. The van der Waals surface area contributed by atoms with E-state index in [1.54, 1.807) is 7.11 Å². The lowest BCUT2D eigenvalue weighted by molar-refractivity contribution is 0.0183. The first-order chi connectivity index (χ1) is 9.36. The summed E-state index contributed by atoms with van der Waals surface area (Å²) in [6.07, 6.45) is 0.518. The molecule has 1 aliphatic rings. The van der Waals surface area contributed by atoms with Gasteiger partial charge in [0, 0.05) is 25.9 Å². The minimum atomic E-state index is -3.85. The lowest BCUT2D eigenvalue weighted by Gasteiger charge is -2.35. The van der Waals surface area contributed by atoms with E-state index in [0.29, 0.717) is 13.0 Å². The Kier molecular flexibility index (Phi) is 4.31. The van der Waals surface area contributed by atoms with Gasteiger partial charge in [0.15, 0.2) is 0 Å². The normalized spacial score (nSPS) is 24.8. The smallest absolute Gasteiger partial charge is 0.246 e. The predicted molar refractivity (Wildman–Crippen MR) is 74.1 cm³/mol. The summed E-state index contributed by atoms with van der Waals surface area (Å²) in [5.41, 5.74) is 5.64. The van der Waals surface area contributed by atoms with Crippen LogP contribution in [-0.4, -0.2) is 39.0 Å². The molecule has 1 aromatic carbocycles. The Bertz CT molecular complexity index is 591. The van der Waals surface area contributed by atoms with Gasteiger partial charge in [-0.15, -0.1) is 0 Å². The van der Waals surface area contributed by atoms with Crippen molar-refractivity contribution in [1.82, 2.24) is 4.31 Å². The van der Waals surface area contributed by atoms with Crippen molar-refractivity contribution in [3.63, 3.8) is 0 Å². The number of nitrogen functional groups attached to an aromatic ring is 1. The van der Waals surface area contributed by atoms with Gasteiger partial charge < -0.3 is 10.5 Å². The number of hydrogen-bond donors (Lipinski definition) is 1. The monoisotopic (exact) mass is 302 g/mol. The molecule has 0 bridgehead atoms. The van der Waals surface area contributed by atoms with Crippen molar-refractivity contribution in [2.45, 2.75) is 24.3 Å². The molecule has 7 heteroatoms. The average Bonchev–Trinajstić information content (AvgIpc) is 2.38. The number of piperidine rings is 1. The molecule has 0 aliphatic carbocycles. The molecule has 1 heterocycles. The van der Waals surface area contributed by atoms with Gasteiger partial charge in [0.05, 0.1) is 6.10 Å². The first kappa shape index (κ1) is 15.2. The van der Waals surface area contributed by atoms with Gasteiger partial charge >= 0.3 is 0 Å². The van der Waals surface area contributed by atoms with E-state index in [1.165, 1.54) is 16.4 Å². The number of methoxy groups -OCH3 is 1. The highest BCUT2D eigenvalue weighted by molar-refractivity contribution is 7.89. The quantitative estimate of drug-likeness (QED) is 0.858. The van der Waals surface area contributed by atoms with E-state index in [1.807, 2.05) is 6.92 Å². The zero-order valence-electron chi connectivity index (χ0n) is 11.5. The number of nitrogens with zero attached hydrogens (tertiary/aromatic N) is 1. The van der Waals surface area contributed by atoms with Crippen molar-refractivity contribution in [3.05, 3.63) is 24.0 Å². The van der Waals surface area contributed by atoms with Gasteiger partial charge in [-0.1, -0.05) is 6.92 Å². The first-order valence-electron chi connectivity index (χ1n) is 6.44. The Hall–Kier alpha value is -1.18. The second kappa shape index (κ2) is 5.67. The Labute approximate surface area is 118 Å². The average molecular weight is 302 g/mol. The van der Waals surface area contributed by atoms with E-state index in [0.717, 1.165) is 6.07 Å². The van der Waals surface area contributed by atoms with Crippen LogP contribution in [0.2, 0.25) is 0 Å². The fourth-order valence-corrected chi connectivity index (χ4v) is 3.91. The number of benzene rings is 1. The van der Waals surface area contributed by atoms with E-state index in [4.69, 9.17) is 10.5 Å². The molecule has 2 rings (SSSR count). The molecule has 1 fully saturated rings. The highest BCUT2D eigenvalue weighted by atomic mass is 32.2. The van der Waals surface area contributed by atoms with Crippen molar-refractivity contribution >= 4 is 15.7 Å². The summed E-state index contributed by atoms with van der Waals surface area (Å²) in [7, 11) is -2.30. The van der Waals surface area contributed by atoms with Crippen LogP contribution in [0.5, 0.6) is 0 Å². The molecule has 2 atom stereocenters. The summed E-state index contributed by atoms with van der Waals surface area (Å²) in [5, 5.41) is 0. The summed E-state index contributed by atoms with van der Waals surface area (Å²) < 4.78 is 45.4. The maximum absolute atomic E-state index is 13.8. The molecule has 0 spiro atoms. The van der Waals surface area contributed by atoms with Crippen LogP contribution in [0, 0.1) is 11.7 Å². The van der Waals surface area contributed by atoms with Gasteiger partial charge in [0.1, 0.15) is 10.7 Å². The lowest BCUT2D eigenvalue weighted by Crippen LogP contribution is -2.46. The van der Waals surface area contributed by atoms with Crippen LogP contribution in [0.25, 0.3) is 0 Å². The number of anilines is 1. The molecular weight excluding hydrogens is 283 g/mol. The van der Waals surface area contributed by atoms with Crippen molar-refractivity contribution in [1.29, 1.82) is 0 Å². The highest BCUT2D eigenvalue weighted by Gasteiger charge is 2.35. The van der Waals surface area contributed by atoms with Crippen LogP contribution >= 0.6 is 0 Å². The predicted octanol–water partition coefficient (Wildman–Crippen LogP) is 1.45. The van der Waals surface area contributed by atoms with Gasteiger partial charge in [0.2, 0.25) is 10.0 Å². The molecule has 2 unspecified atom stereocenters. The second-order valence-corrected chi connectivity index (χ2v) is 7.00. The summed E-state index contributed by atoms with van der Waals surface area (Å²) in [4.78, 5) is -0.337. The number of ether oxygens (including phenoxy) is 1. The van der Waals surface area contributed by atoms with Crippen LogP contribution in [-0.2, 0) is 14.8 Å². The van der Waals surface area contributed by atoms with E-state index >= 15 is 0 Å². The van der Waals surface area contributed by atoms with Crippen LogP contribution in [0.1, 0.15) is 13.3 Å². The van der Waals surface area contributed by atoms with Crippen LogP contribution in [0.4, 0.5) is 10.1 Å².